The average Bonchev–Trinajstić information content (AvgIpc) is 3.31. The summed E-state index contributed by atoms with van der Waals surface area (Å²) in [6, 6.07) is 5.56. The van der Waals surface area contributed by atoms with E-state index in [1.807, 2.05) is 17.5 Å². The number of imidazole rings is 1. The number of carbonyl (C=O) groups is 1. The van der Waals surface area contributed by atoms with Crippen LogP contribution in [0.3, 0.4) is 0 Å². The molecule has 23 heavy (non-hydrogen) atoms. The molecule has 4 rings (SSSR count). The molecule has 0 aliphatic heterocycles. The van der Waals surface area contributed by atoms with Gasteiger partial charge in [0, 0.05) is 18.6 Å². The first-order valence-corrected chi connectivity index (χ1v) is 7.62. The molecule has 0 atom stereocenters. The second kappa shape index (κ2) is 5.61. The molecule has 0 saturated carbocycles. The van der Waals surface area contributed by atoms with Gasteiger partial charge >= 0.3 is 0 Å². The molecule has 1 N–H and O–H groups in total. The van der Waals surface area contributed by atoms with Crippen molar-refractivity contribution in [3.8, 4) is 10.8 Å². The van der Waals surface area contributed by atoms with Crippen molar-refractivity contribution >= 4 is 23.0 Å². The maximum Gasteiger partial charge on any atom is 0.271 e. The summed E-state index contributed by atoms with van der Waals surface area (Å²) in [5.41, 5.74) is 0.283. The minimum absolute atomic E-state index is 0.162. The van der Waals surface area contributed by atoms with Gasteiger partial charge in [0.25, 0.3) is 11.8 Å². The normalized spacial score (nSPS) is 11.0. The zero-order chi connectivity index (χ0) is 15.6. The van der Waals surface area contributed by atoms with Crippen molar-refractivity contribution in [1.82, 2.24) is 29.8 Å². The Bertz CT molecular complexity index is 926. The Morgan fingerprint density at radius 2 is 2.30 bits per heavy atom. The summed E-state index contributed by atoms with van der Waals surface area (Å²) in [6.45, 7) is 0.162. The van der Waals surface area contributed by atoms with Crippen LogP contribution in [0.2, 0.25) is 0 Å². The average molecular weight is 326 g/mol. The third kappa shape index (κ3) is 2.69. The van der Waals surface area contributed by atoms with Crippen LogP contribution in [0.1, 0.15) is 16.3 Å². The number of nitrogens with zero attached hydrogens (tertiary/aromatic N) is 5. The molecule has 9 heteroatoms. The second-order valence-electron chi connectivity index (χ2n) is 4.63. The number of amides is 1. The van der Waals surface area contributed by atoms with E-state index in [-0.39, 0.29) is 18.1 Å². The fourth-order valence-electron chi connectivity index (χ4n) is 2.02. The smallest absolute Gasteiger partial charge is 0.271 e. The minimum atomic E-state index is -0.321. The van der Waals surface area contributed by atoms with Crippen molar-refractivity contribution in [3.05, 3.63) is 53.7 Å². The van der Waals surface area contributed by atoms with E-state index in [0.29, 0.717) is 17.5 Å². The Kier molecular flexibility index (Phi) is 3.31. The lowest BCUT2D eigenvalue weighted by Crippen LogP contribution is -2.23. The molecule has 0 bridgehead atoms. The van der Waals surface area contributed by atoms with Gasteiger partial charge in [0.2, 0.25) is 5.78 Å². The van der Waals surface area contributed by atoms with Gasteiger partial charge in [-0.1, -0.05) is 11.2 Å². The van der Waals surface area contributed by atoms with Crippen molar-refractivity contribution in [2.45, 2.75) is 6.54 Å². The van der Waals surface area contributed by atoms with Crippen LogP contribution in [-0.2, 0) is 6.54 Å². The standard InChI is InChI=1S/C14H10N6O2S/c21-12(9-8-20-5-2-4-15-14(20)17-9)16-7-11-18-13(22-19-11)10-3-1-6-23-10/h1-6,8H,7H2,(H,16,21). The molecule has 4 aromatic rings. The Morgan fingerprint density at radius 1 is 1.35 bits per heavy atom. The predicted molar refractivity (Wildman–Crippen MR) is 81.8 cm³/mol. The highest BCUT2D eigenvalue weighted by molar-refractivity contribution is 7.13. The molecule has 0 aromatic carbocycles. The summed E-state index contributed by atoms with van der Waals surface area (Å²) in [5.74, 6) is 1.000. The van der Waals surface area contributed by atoms with Crippen LogP contribution >= 0.6 is 11.3 Å². The lowest BCUT2D eigenvalue weighted by molar-refractivity contribution is 0.0945. The highest BCUT2D eigenvalue weighted by atomic mass is 32.1. The first-order chi connectivity index (χ1) is 11.3. The Morgan fingerprint density at radius 3 is 3.13 bits per heavy atom. The molecule has 0 aliphatic rings. The lowest BCUT2D eigenvalue weighted by Gasteiger charge is -1.97. The summed E-state index contributed by atoms with van der Waals surface area (Å²) in [6.07, 6.45) is 5.01. The summed E-state index contributed by atoms with van der Waals surface area (Å²) < 4.78 is 6.84. The van der Waals surface area contributed by atoms with Gasteiger partial charge in [0.1, 0.15) is 5.69 Å². The molecule has 0 unspecified atom stereocenters. The van der Waals surface area contributed by atoms with Gasteiger partial charge in [-0.05, 0) is 17.5 Å². The van der Waals surface area contributed by atoms with Crippen LogP contribution in [0.5, 0.6) is 0 Å². The highest BCUT2D eigenvalue weighted by Crippen LogP contribution is 2.22. The maximum absolute atomic E-state index is 12.1. The molecule has 8 nitrogen and oxygen atoms in total. The molecule has 4 heterocycles. The fourth-order valence-corrected chi connectivity index (χ4v) is 2.66. The summed E-state index contributed by atoms with van der Waals surface area (Å²) in [5, 5.41) is 8.49. The topological polar surface area (TPSA) is 98.2 Å². The molecule has 0 spiro atoms. The number of rotatable bonds is 4. The van der Waals surface area contributed by atoms with E-state index < -0.39 is 0 Å². The van der Waals surface area contributed by atoms with E-state index in [0.717, 1.165) is 4.88 Å². The second-order valence-corrected chi connectivity index (χ2v) is 5.58. The van der Waals surface area contributed by atoms with Crippen LogP contribution in [-0.4, -0.2) is 30.4 Å². The number of aromatic nitrogens is 5. The summed E-state index contributed by atoms with van der Waals surface area (Å²) in [7, 11) is 0. The molecule has 4 aromatic heterocycles. The monoisotopic (exact) mass is 326 g/mol. The Labute approximate surface area is 133 Å². The van der Waals surface area contributed by atoms with Crippen LogP contribution < -0.4 is 5.32 Å². The van der Waals surface area contributed by atoms with E-state index in [2.05, 4.69) is 25.4 Å². The van der Waals surface area contributed by atoms with E-state index in [4.69, 9.17) is 4.52 Å². The SMILES string of the molecule is O=C(NCc1noc(-c2cccs2)n1)c1cn2cccnc2n1. The van der Waals surface area contributed by atoms with Crippen molar-refractivity contribution < 1.29 is 9.32 Å². The van der Waals surface area contributed by atoms with Gasteiger partial charge in [-0.15, -0.1) is 11.3 Å². The third-order valence-electron chi connectivity index (χ3n) is 3.08. The molecular formula is C14H10N6O2S. The van der Waals surface area contributed by atoms with E-state index in [1.54, 1.807) is 29.1 Å². The van der Waals surface area contributed by atoms with Crippen LogP contribution in [0.25, 0.3) is 16.5 Å². The molecule has 0 aliphatic carbocycles. The quantitative estimate of drug-likeness (QED) is 0.614. The Balaban J connectivity index is 1.45. The molecule has 0 saturated heterocycles. The van der Waals surface area contributed by atoms with Crippen molar-refractivity contribution in [2.24, 2.45) is 0 Å². The number of carbonyl (C=O) groups excluding carboxylic acids is 1. The van der Waals surface area contributed by atoms with Crippen molar-refractivity contribution in [2.75, 3.05) is 0 Å². The third-order valence-corrected chi connectivity index (χ3v) is 3.93. The number of hydrogen-bond acceptors (Lipinski definition) is 7. The zero-order valence-corrected chi connectivity index (χ0v) is 12.5. The lowest BCUT2D eigenvalue weighted by atomic mass is 10.4. The van der Waals surface area contributed by atoms with Crippen LogP contribution in [0.15, 0.2) is 46.7 Å². The van der Waals surface area contributed by atoms with Gasteiger partial charge in [-0.25, -0.2) is 9.97 Å². The first-order valence-electron chi connectivity index (χ1n) is 6.74. The van der Waals surface area contributed by atoms with Crippen molar-refractivity contribution in [1.29, 1.82) is 0 Å². The zero-order valence-electron chi connectivity index (χ0n) is 11.7. The summed E-state index contributed by atoms with van der Waals surface area (Å²) >= 11 is 1.51. The minimum Gasteiger partial charge on any atom is -0.343 e. The first kappa shape index (κ1) is 13.6. The van der Waals surface area contributed by atoms with E-state index in [1.165, 1.54) is 11.3 Å². The molecular weight excluding hydrogens is 316 g/mol. The molecule has 0 radical (unpaired) electrons. The van der Waals surface area contributed by atoms with Gasteiger partial charge in [0.05, 0.1) is 11.4 Å². The van der Waals surface area contributed by atoms with Gasteiger partial charge in [-0.2, -0.15) is 4.98 Å². The van der Waals surface area contributed by atoms with Gasteiger partial charge < -0.3 is 9.84 Å². The largest absolute Gasteiger partial charge is 0.343 e. The molecule has 0 fully saturated rings. The summed E-state index contributed by atoms with van der Waals surface area (Å²) in [4.78, 5) is 25.5. The van der Waals surface area contributed by atoms with Crippen LogP contribution in [0, 0.1) is 0 Å². The highest BCUT2D eigenvalue weighted by Gasteiger charge is 2.13. The number of nitrogens with one attached hydrogen (secondary N) is 1. The molecule has 1 amide bonds. The number of thiophene rings is 1. The van der Waals surface area contributed by atoms with Gasteiger partial charge in [0.15, 0.2) is 5.82 Å². The number of hydrogen-bond donors (Lipinski definition) is 1. The fraction of sp³-hybridized carbons (Fsp3) is 0.0714. The van der Waals surface area contributed by atoms with E-state index in [9.17, 15) is 4.79 Å². The molecule has 114 valence electrons. The van der Waals surface area contributed by atoms with Crippen molar-refractivity contribution in [3.63, 3.8) is 0 Å². The Hall–Kier alpha value is -3.07. The maximum atomic E-state index is 12.1. The van der Waals surface area contributed by atoms with Gasteiger partial charge in [-0.3, -0.25) is 9.20 Å². The predicted octanol–water partition coefficient (Wildman–Crippen LogP) is 1.77. The van der Waals surface area contributed by atoms with Crippen LogP contribution in [0.4, 0.5) is 0 Å². The number of fused-ring (bicyclic) bond motifs is 1. The van der Waals surface area contributed by atoms with E-state index >= 15 is 0 Å².